The van der Waals surface area contributed by atoms with E-state index in [0.29, 0.717) is 0 Å². The summed E-state index contributed by atoms with van der Waals surface area (Å²) in [5.41, 5.74) is 11.5. The predicted octanol–water partition coefficient (Wildman–Crippen LogP) is 7.28. The van der Waals surface area contributed by atoms with Crippen LogP contribution in [-0.2, 0) is 13.2 Å². The largest absolute Gasteiger partial charge is 0.390 e. The summed E-state index contributed by atoms with van der Waals surface area (Å²) < 4.78 is 0. The molecule has 0 bridgehead atoms. The zero-order valence-electron chi connectivity index (χ0n) is 23.4. The van der Waals surface area contributed by atoms with Crippen LogP contribution >= 0.6 is 0 Å². The van der Waals surface area contributed by atoms with Gasteiger partial charge in [-0.05, 0) is 41.5 Å². The standard InChI is InChI=1S/C36H33N5O/c42-23-33-36(28-7-2-4-9-31(28)39-33)25-14-12-24(13-15-25)35-27-6-1-3-8-30(27)38-32(35)22-40-18-20-41(21-19-40)34-11-5-10-29-26(34)16-17-37-29/h1-17,37-39,42H,18-23H2. The molecule has 1 saturated heterocycles. The number of nitrogens with zero attached hydrogens (tertiary/aromatic N) is 2. The minimum atomic E-state index is -0.0219. The summed E-state index contributed by atoms with van der Waals surface area (Å²) in [4.78, 5) is 15.6. The summed E-state index contributed by atoms with van der Waals surface area (Å²) in [7, 11) is 0. The molecule has 0 aliphatic carbocycles. The lowest BCUT2D eigenvalue weighted by atomic mass is 9.96. The van der Waals surface area contributed by atoms with Crippen LogP contribution in [0.15, 0.2) is 103 Å². The minimum absolute atomic E-state index is 0.0219. The first-order valence-corrected chi connectivity index (χ1v) is 14.7. The quantitative estimate of drug-likeness (QED) is 0.176. The van der Waals surface area contributed by atoms with E-state index in [4.69, 9.17) is 0 Å². The molecule has 3 aromatic heterocycles. The number of piperazine rings is 1. The fourth-order valence-electron chi connectivity index (χ4n) is 6.81. The maximum atomic E-state index is 10.1. The number of benzene rings is 4. The lowest BCUT2D eigenvalue weighted by molar-refractivity contribution is 0.248. The highest BCUT2D eigenvalue weighted by Crippen LogP contribution is 2.37. The minimum Gasteiger partial charge on any atom is -0.390 e. The number of rotatable bonds is 6. The first kappa shape index (κ1) is 25.0. The van der Waals surface area contributed by atoms with E-state index < -0.39 is 0 Å². The fourth-order valence-corrected chi connectivity index (χ4v) is 6.81. The van der Waals surface area contributed by atoms with Crippen molar-refractivity contribution in [2.45, 2.75) is 13.2 Å². The topological polar surface area (TPSA) is 74.1 Å². The molecule has 42 heavy (non-hydrogen) atoms. The van der Waals surface area contributed by atoms with Crippen LogP contribution < -0.4 is 4.90 Å². The van der Waals surface area contributed by atoms with Crippen molar-refractivity contribution in [2.24, 2.45) is 0 Å². The highest BCUT2D eigenvalue weighted by atomic mass is 16.3. The Balaban J connectivity index is 1.09. The van der Waals surface area contributed by atoms with E-state index in [1.807, 2.05) is 18.3 Å². The smallest absolute Gasteiger partial charge is 0.0837 e. The molecule has 1 fully saturated rings. The van der Waals surface area contributed by atoms with Gasteiger partial charge in [0.05, 0.1) is 6.61 Å². The number of fused-ring (bicyclic) bond motifs is 3. The second-order valence-electron chi connectivity index (χ2n) is 11.3. The van der Waals surface area contributed by atoms with E-state index in [-0.39, 0.29) is 6.61 Å². The van der Waals surface area contributed by atoms with Gasteiger partial charge in [0.1, 0.15) is 0 Å². The Morgan fingerprint density at radius 2 is 1.17 bits per heavy atom. The molecule has 6 nitrogen and oxygen atoms in total. The Morgan fingerprint density at radius 3 is 1.83 bits per heavy atom. The van der Waals surface area contributed by atoms with Gasteiger partial charge in [0, 0.05) is 99.8 Å². The van der Waals surface area contributed by atoms with Crippen molar-refractivity contribution in [3.8, 4) is 22.3 Å². The number of aromatic amines is 3. The molecule has 4 aromatic carbocycles. The van der Waals surface area contributed by atoms with E-state index in [9.17, 15) is 5.11 Å². The SMILES string of the molecule is OCc1[nH]c2ccccc2c1-c1ccc(-c2c(CN3CCN(c4cccc5[nH]ccc45)CC3)[nH]c3ccccc23)cc1. The van der Waals surface area contributed by atoms with Crippen molar-refractivity contribution in [3.63, 3.8) is 0 Å². The molecule has 0 spiro atoms. The zero-order valence-corrected chi connectivity index (χ0v) is 23.4. The third-order valence-electron chi connectivity index (χ3n) is 8.85. The summed E-state index contributed by atoms with van der Waals surface area (Å²) >= 11 is 0. The van der Waals surface area contributed by atoms with Gasteiger partial charge in [0.25, 0.3) is 0 Å². The lowest BCUT2D eigenvalue weighted by Gasteiger charge is -2.36. The Morgan fingerprint density at radius 1 is 0.571 bits per heavy atom. The van der Waals surface area contributed by atoms with Crippen LogP contribution in [0.2, 0.25) is 0 Å². The van der Waals surface area contributed by atoms with Crippen LogP contribution in [0.1, 0.15) is 11.4 Å². The summed E-state index contributed by atoms with van der Waals surface area (Å²) in [6, 6.07) is 34.4. The van der Waals surface area contributed by atoms with Crippen molar-refractivity contribution in [1.82, 2.24) is 19.9 Å². The summed E-state index contributed by atoms with van der Waals surface area (Å²) in [6.07, 6.45) is 2.03. The Hall–Kier alpha value is -4.78. The van der Waals surface area contributed by atoms with Gasteiger partial charge >= 0.3 is 0 Å². The lowest BCUT2D eigenvalue weighted by Crippen LogP contribution is -2.46. The van der Waals surface area contributed by atoms with Crippen molar-refractivity contribution in [1.29, 1.82) is 0 Å². The van der Waals surface area contributed by atoms with Crippen LogP contribution in [0.3, 0.4) is 0 Å². The highest BCUT2D eigenvalue weighted by molar-refractivity contribution is 6.00. The molecule has 0 unspecified atom stereocenters. The first-order chi connectivity index (χ1) is 20.8. The number of hydrogen-bond acceptors (Lipinski definition) is 3. The number of hydrogen-bond donors (Lipinski definition) is 4. The molecule has 0 radical (unpaired) electrons. The van der Waals surface area contributed by atoms with Crippen LogP contribution in [0.5, 0.6) is 0 Å². The van der Waals surface area contributed by atoms with Crippen LogP contribution in [0.4, 0.5) is 5.69 Å². The van der Waals surface area contributed by atoms with Crippen molar-refractivity contribution in [2.75, 3.05) is 31.1 Å². The Kier molecular flexibility index (Phi) is 6.09. The number of H-pyrrole nitrogens is 3. The summed E-state index contributed by atoms with van der Waals surface area (Å²) in [5, 5.41) is 13.8. The average Bonchev–Trinajstić information content (AvgIpc) is 3.76. The van der Waals surface area contributed by atoms with Gasteiger partial charge in [-0.15, -0.1) is 0 Å². The van der Waals surface area contributed by atoms with Crippen molar-refractivity contribution < 1.29 is 5.11 Å². The van der Waals surface area contributed by atoms with Crippen molar-refractivity contribution >= 4 is 38.4 Å². The molecule has 1 aliphatic rings. The molecule has 8 rings (SSSR count). The predicted molar refractivity (Wildman–Crippen MR) is 173 cm³/mol. The molecule has 4 N–H and O–H groups in total. The van der Waals surface area contributed by atoms with Crippen LogP contribution in [0, 0.1) is 0 Å². The Labute approximate surface area is 244 Å². The number of aromatic nitrogens is 3. The van der Waals surface area contributed by atoms with E-state index >= 15 is 0 Å². The second kappa shape index (κ2) is 10.2. The van der Waals surface area contributed by atoms with Gasteiger partial charge in [-0.3, -0.25) is 4.90 Å². The van der Waals surface area contributed by atoms with Gasteiger partial charge in [0.2, 0.25) is 0 Å². The summed E-state index contributed by atoms with van der Waals surface area (Å²) in [5.74, 6) is 0. The van der Waals surface area contributed by atoms with E-state index in [1.165, 1.54) is 44.3 Å². The normalized spacial score (nSPS) is 14.5. The molecule has 1 aliphatic heterocycles. The molecule has 0 saturated carbocycles. The Bertz CT molecular complexity index is 2020. The molecule has 7 aromatic rings. The number of anilines is 1. The van der Waals surface area contributed by atoms with Gasteiger partial charge in [-0.2, -0.15) is 0 Å². The maximum absolute atomic E-state index is 10.1. The van der Waals surface area contributed by atoms with E-state index in [1.54, 1.807) is 0 Å². The monoisotopic (exact) mass is 551 g/mol. The fraction of sp³-hybridized carbons (Fsp3) is 0.167. The third kappa shape index (κ3) is 4.19. The summed E-state index contributed by atoms with van der Waals surface area (Å²) in [6.45, 7) is 4.90. The number of para-hydroxylation sites is 2. The molecule has 4 heterocycles. The number of nitrogens with one attached hydrogen (secondary N) is 3. The van der Waals surface area contributed by atoms with Crippen molar-refractivity contribution in [3.05, 3.63) is 115 Å². The zero-order chi connectivity index (χ0) is 28.0. The van der Waals surface area contributed by atoms with E-state index in [0.717, 1.165) is 60.4 Å². The molecule has 208 valence electrons. The van der Waals surface area contributed by atoms with Gasteiger partial charge in [-0.25, -0.2) is 0 Å². The second-order valence-corrected chi connectivity index (χ2v) is 11.3. The highest BCUT2D eigenvalue weighted by Gasteiger charge is 2.22. The molecular weight excluding hydrogens is 518 g/mol. The van der Waals surface area contributed by atoms with Gasteiger partial charge in [-0.1, -0.05) is 66.7 Å². The number of aliphatic hydroxyl groups is 1. The van der Waals surface area contributed by atoms with Crippen LogP contribution in [-0.4, -0.2) is 51.1 Å². The molecule has 0 amide bonds. The molecular formula is C36H33N5O. The van der Waals surface area contributed by atoms with E-state index in [2.05, 4.69) is 110 Å². The molecule has 6 heteroatoms. The molecule has 0 atom stereocenters. The van der Waals surface area contributed by atoms with Crippen LogP contribution in [0.25, 0.3) is 55.0 Å². The maximum Gasteiger partial charge on any atom is 0.0837 e. The van der Waals surface area contributed by atoms with Gasteiger partial charge < -0.3 is 25.0 Å². The average molecular weight is 552 g/mol. The first-order valence-electron chi connectivity index (χ1n) is 14.7. The number of aliphatic hydroxyl groups excluding tert-OH is 1. The third-order valence-corrected chi connectivity index (χ3v) is 8.85. The van der Waals surface area contributed by atoms with Gasteiger partial charge in [0.15, 0.2) is 0 Å².